The van der Waals surface area contributed by atoms with Crippen LogP contribution < -0.4 is 5.32 Å². The summed E-state index contributed by atoms with van der Waals surface area (Å²) in [7, 11) is 0. The number of carboxylic acids is 1. The Hall–Kier alpha value is -2.60. The highest BCUT2D eigenvalue weighted by Crippen LogP contribution is 2.24. The molecule has 2 aromatic carbocycles. The van der Waals surface area contributed by atoms with Gasteiger partial charge in [0.05, 0.1) is 4.92 Å². The molecule has 0 saturated heterocycles. The molecule has 7 heteroatoms. The van der Waals surface area contributed by atoms with E-state index in [4.69, 9.17) is 16.7 Å². The highest BCUT2D eigenvalue weighted by molar-refractivity contribution is 6.31. The minimum atomic E-state index is -1.33. The molecule has 0 unspecified atom stereocenters. The van der Waals surface area contributed by atoms with Crippen molar-refractivity contribution in [2.45, 2.75) is 6.54 Å². The van der Waals surface area contributed by atoms with Crippen molar-refractivity contribution in [3.8, 4) is 0 Å². The van der Waals surface area contributed by atoms with Crippen LogP contribution in [0, 0.1) is 10.1 Å². The van der Waals surface area contributed by atoms with Crippen molar-refractivity contribution in [1.29, 1.82) is 0 Å². The van der Waals surface area contributed by atoms with Gasteiger partial charge in [0.25, 0.3) is 5.69 Å². The van der Waals surface area contributed by atoms with Crippen molar-refractivity contribution < 1.29 is 14.8 Å². The number of benzene rings is 2. The predicted molar refractivity (Wildman–Crippen MR) is 78.8 cm³/mol. The zero-order valence-electron chi connectivity index (χ0n) is 10.7. The van der Waals surface area contributed by atoms with Crippen molar-refractivity contribution in [3.63, 3.8) is 0 Å². The number of carbonyl (C=O) groups is 1. The van der Waals surface area contributed by atoms with Gasteiger partial charge in [-0.05, 0) is 23.8 Å². The molecule has 0 spiro atoms. The molecular weight excluding hydrogens is 296 g/mol. The van der Waals surface area contributed by atoms with E-state index < -0.39 is 16.6 Å². The number of nitrogens with one attached hydrogen (secondary N) is 1. The van der Waals surface area contributed by atoms with E-state index in [9.17, 15) is 14.9 Å². The topological polar surface area (TPSA) is 92.5 Å². The van der Waals surface area contributed by atoms with E-state index in [1.807, 2.05) is 12.1 Å². The number of hydrogen-bond acceptors (Lipinski definition) is 4. The van der Waals surface area contributed by atoms with Gasteiger partial charge in [-0.3, -0.25) is 10.1 Å². The number of anilines is 1. The van der Waals surface area contributed by atoms with Crippen molar-refractivity contribution in [2.75, 3.05) is 5.32 Å². The maximum absolute atomic E-state index is 10.9. The van der Waals surface area contributed by atoms with Crippen LogP contribution in [0.15, 0.2) is 42.5 Å². The Kier molecular flexibility index (Phi) is 4.39. The number of hydrogen-bond donors (Lipinski definition) is 2. The number of nitrogens with zero attached hydrogens (tertiary/aromatic N) is 1. The van der Waals surface area contributed by atoms with Crippen LogP contribution in [0.4, 0.5) is 11.4 Å². The Bertz CT molecular complexity index is 703. The number of rotatable bonds is 5. The molecule has 108 valence electrons. The maximum atomic E-state index is 10.9. The second-order valence-corrected chi connectivity index (χ2v) is 4.65. The van der Waals surface area contributed by atoms with Gasteiger partial charge in [-0.25, -0.2) is 4.79 Å². The normalized spacial score (nSPS) is 10.1. The summed E-state index contributed by atoms with van der Waals surface area (Å²) in [4.78, 5) is 21.1. The second-order valence-electron chi connectivity index (χ2n) is 4.24. The second kappa shape index (κ2) is 6.23. The lowest BCUT2D eigenvalue weighted by Gasteiger charge is -2.08. The minimum Gasteiger partial charge on any atom is -0.477 e. The minimum absolute atomic E-state index is 0.344. The first-order valence-corrected chi connectivity index (χ1v) is 6.36. The Morgan fingerprint density at radius 2 is 2.00 bits per heavy atom. The summed E-state index contributed by atoms with van der Waals surface area (Å²) in [6.07, 6.45) is 0. The molecule has 2 rings (SSSR count). The molecule has 0 aliphatic carbocycles. The fourth-order valence-electron chi connectivity index (χ4n) is 1.81. The predicted octanol–water partition coefficient (Wildman–Crippen LogP) is 3.56. The number of halogens is 1. The standard InChI is InChI=1S/C14H11ClN2O4/c15-12-4-2-1-3-9(12)8-16-10-5-6-11(14(18)19)13(7-10)17(20)21/h1-7,16H,8H2,(H,18,19). The van der Waals surface area contributed by atoms with Gasteiger partial charge in [0.1, 0.15) is 5.56 Å². The summed E-state index contributed by atoms with van der Waals surface area (Å²) in [6, 6.07) is 11.1. The quantitative estimate of drug-likeness (QED) is 0.651. The SMILES string of the molecule is O=C(O)c1ccc(NCc2ccccc2Cl)cc1[N+](=O)[O-]. The van der Waals surface area contributed by atoms with Crippen LogP contribution in [-0.2, 0) is 6.54 Å². The fourth-order valence-corrected chi connectivity index (χ4v) is 2.02. The van der Waals surface area contributed by atoms with Crippen molar-refractivity contribution in [3.05, 3.63) is 68.7 Å². The number of nitro benzene ring substituents is 1. The van der Waals surface area contributed by atoms with E-state index in [-0.39, 0.29) is 5.56 Å². The van der Waals surface area contributed by atoms with Crippen LogP contribution in [0.1, 0.15) is 15.9 Å². The molecule has 0 atom stereocenters. The lowest BCUT2D eigenvalue weighted by atomic mass is 10.1. The lowest BCUT2D eigenvalue weighted by Crippen LogP contribution is -2.05. The van der Waals surface area contributed by atoms with Crippen LogP contribution in [-0.4, -0.2) is 16.0 Å². The fraction of sp³-hybridized carbons (Fsp3) is 0.0714. The summed E-state index contributed by atoms with van der Waals surface area (Å²) in [5.74, 6) is -1.33. The Labute approximate surface area is 125 Å². The van der Waals surface area contributed by atoms with E-state index in [1.54, 1.807) is 12.1 Å². The third kappa shape index (κ3) is 3.49. The molecule has 0 aromatic heterocycles. The summed E-state index contributed by atoms with van der Waals surface area (Å²) in [5.41, 5.74) is 0.491. The summed E-state index contributed by atoms with van der Waals surface area (Å²) >= 11 is 6.01. The van der Waals surface area contributed by atoms with E-state index >= 15 is 0 Å². The smallest absolute Gasteiger partial charge is 0.342 e. The number of aromatic carboxylic acids is 1. The molecule has 0 radical (unpaired) electrons. The third-order valence-electron chi connectivity index (χ3n) is 2.87. The molecule has 2 aromatic rings. The molecule has 0 saturated carbocycles. The van der Waals surface area contributed by atoms with Crippen LogP contribution in [0.3, 0.4) is 0 Å². The number of nitro groups is 1. The summed E-state index contributed by atoms with van der Waals surface area (Å²) in [5, 5.41) is 23.4. The van der Waals surface area contributed by atoms with E-state index in [0.29, 0.717) is 17.3 Å². The molecule has 0 aliphatic rings. The van der Waals surface area contributed by atoms with E-state index in [2.05, 4.69) is 5.32 Å². The zero-order chi connectivity index (χ0) is 15.4. The molecule has 21 heavy (non-hydrogen) atoms. The van der Waals surface area contributed by atoms with Gasteiger partial charge in [0.2, 0.25) is 0 Å². The Morgan fingerprint density at radius 1 is 1.29 bits per heavy atom. The zero-order valence-corrected chi connectivity index (χ0v) is 11.5. The van der Waals surface area contributed by atoms with Gasteiger partial charge >= 0.3 is 5.97 Å². The Morgan fingerprint density at radius 3 is 2.62 bits per heavy atom. The first-order valence-electron chi connectivity index (χ1n) is 5.98. The van der Waals surface area contributed by atoms with E-state index in [1.165, 1.54) is 18.2 Å². The van der Waals surface area contributed by atoms with Crippen LogP contribution in [0.25, 0.3) is 0 Å². The summed E-state index contributed by atoms with van der Waals surface area (Å²) in [6.45, 7) is 0.378. The highest BCUT2D eigenvalue weighted by atomic mass is 35.5. The first kappa shape index (κ1) is 14.8. The van der Waals surface area contributed by atoms with Gasteiger partial charge in [-0.2, -0.15) is 0 Å². The van der Waals surface area contributed by atoms with Crippen LogP contribution in [0.2, 0.25) is 5.02 Å². The largest absolute Gasteiger partial charge is 0.477 e. The van der Waals surface area contributed by atoms with E-state index in [0.717, 1.165) is 5.56 Å². The average molecular weight is 307 g/mol. The van der Waals surface area contributed by atoms with Crippen molar-refractivity contribution in [1.82, 2.24) is 0 Å². The van der Waals surface area contributed by atoms with Crippen LogP contribution in [0.5, 0.6) is 0 Å². The van der Waals surface area contributed by atoms with Crippen molar-refractivity contribution in [2.24, 2.45) is 0 Å². The maximum Gasteiger partial charge on any atom is 0.342 e. The molecule has 0 heterocycles. The highest BCUT2D eigenvalue weighted by Gasteiger charge is 2.19. The van der Waals surface area contributed by atoms with Crippen LogP contribution >= 0.6 is 11.6 Å². The average Bonchev–Trinajstić information content (AvgIpc) is 2.46. The van der Waals surface area contributed by atoms with Gasteiger partial charge in [-0.15, -0.1) is 0 Å². The molecule has 2 N–H and O–H groups in total. The molecular formula is C14H11ClN2O4. The third-order valence-corrected chi connectivity index (χ3v) is 3.23. The molecule has 0 bridgehead atoms. The first-order chi connectivity index (χ1) is 9.99. The van der Waals surface area contributed by atoms with Gasteiger partial charge in [0, 0.05) is 23.3 Å². The molecule has 6 nitrogen and oxygen atoms in total. The number of carboxylic acid groups (broad SMARTS) is 1. The molecule has 0 amide bonds. The van der Waals surface area contributed by atoms with Gasteiger partial charge in [0.15, 0.2) is 0 Å². The van der Waals surface area contributed by atoms with Gasteiger partial charge < -0.3 is 10.4 Å². The Balaban J connectivity index is 2.22. The lowest BCUT2D eigenvalue weighted by molar-refractivity contribution is -0.385. The van der Waals surface area contributed by atoms with Gasteiger partial charge in [-0.1, -0.05) is 29.8 Å². The molecule has 0 fully saturated rings. The molecule has 0 aliphatic heterocycles. The monoisotopic (exact) mass is 306 g/mol. The summed E-state index contributed by atoms with van der Waals surface area (Å²) < 4.78 is 0. The van der Waals surface area contributed by atoms with Crippen molar-refractivity contribution >= 4 is 28.9 Å².